The van der Waals surface area contributed by atoms with Crippen LogP contribution in [-0.2, 0) is 0 Å². The molecule has 0 atom stereocenters. The molecule has 2 heterocycles. The molecule has 1 amide bonds. The Kier molecular flexibility index (Phi) is 2.96. The van der Waals surface area contributed by atoms with Gasteiger partial charge in [0.05, 0.1) is 5.69 Å². The lowest BCUT2D eigenvalue weighted by Crippen LogP contribution is -2.51. The molecule has 6 nitrogen and oxygen atoms in total. The molecule has 0 unspecified atom stereocenters. The molecule has 0 radical (unpaired) electrons. The fraction of sp³-hybridized carbons (Fsp3) is 0.571. The van der Waals surface area contributed by atoms with Crippen LogP contribution in [0.5, 0.6) is 0 Å². The number of nitrogens with zero attached hydrogens (tertiary/aromatic N) is 4. The van der Waals surface area contributed by atoms with Gasteiger partial charge in [-0.25, -0.2) is 9.50 Å². The summed E-state index contributed by atoms with van der Waals surface area (Å²) in [5.74, 6) is 0.591. The summed E-state index contributed by atoms with van der Waals surface area (Å²) in [7, 11) is 0. The first kappa shape index (κ1) is 13.0. The molecule has 2 aromatic heterocycles. The van der Waals surface area contributed by atoms with Crippen LogP contribution in [0.3, 0.4) is 0 Å². The van der Waals surface area contributed by atoms with Gasteiger partial charge in [0.2, 0.25) is 0 Å². The molecule has 6 heteroatoms. The van der Waals surface area contributed by atoms with Crippen molar-refractivity contribution in [3.63, 3.8) is 0 Å². The molecule has 1 N–H and O–H groups in total. The van der Waals surface area contributed by atoms with Gasteiger partial charge in [-0.15, -0.1) is 0 Å². The zero-order valence-electron chi connectivity index (χ0n) is 12.1. The molecular weight excluding hydrogens is 254 g/mol. The minimum absolute atomic E-state index is 0.0729. The number of fused-ring (bicyclic) bond motifs is 1. The predicted molar refractivity (Wildman–Crippen MR) is 74.6 cm³/mol. The SMILES string of the molecule is CC(C)c1cc(C(=O)NC2(C)CCC2)nc2ncnn12. The summed E-state index contributed by atoms with van der Waals surface area (Å²) in [5.41, 5.74) is 1.29. The van der Waals surface area contributed by atoms with Crippen LogP contribution >= 0.6 is 0 Å². The molecule has 0 saturated heterocycles. The van der Waals surface area contributed by atoms with Crippen LogP contribution in [0.4, 0.5) is 0 Å². The van der Waals surface area contributed by atoms with Crippen LogP contribution in [0.15, 0.2) is 12.4 Å². The van der Waals surface area contributed by atoms with E-state index in [0.29, 0.717) is 11.5 Å². The van der Waals surface area contributed by atoms with Gasteiger partial charge in [0.25, 0.3) is 11.7 Å². The minimum Gasteiger partial charge on any atom is -0.346 e. The summed E-state index contributed by atoms with van der Waals surface area (Å²) in [6, 6.07) is 1.81. The van der Waals surface area contributed by atoms with Gasteiger partial charge in [-0.1, -0.05) is 13.8 Å². The Hall–Kier alpha value is -1.98. The Labute approximate surface area is 117 Å². The van der Waals surface area contributed by atoms with Crippen molar-refractivity contribution < 1.29 is 4.79 Å². The van der Waals surface area contributed by atoms with Gasteiger partial charge in [0.15, 0.2) is 0 Å². The number of hydrogen-bond donors (Lipinski definition) is 1. The van der Waals surface area contributed by atoms with Crippen molar-refractivity contribution in [2.45, 2.75) is 51.5 Å². The predicted octanol–water partition coefficient (Wildman–Crippen LogP) is 1.92. The van der Waals surface area contributed by atoms with Gasteiger partial charge in [-0.05, 0) is 38.2 Å². The second kappa shape index (κ2) is 4.54. The highest BCUT2D eigenvalue weighted by molar-refractivity contribution is 5.93. The Morgan fingerprint density at radius 1 is 1.45 bits per heavy atom. The van der Waals surface area contributed by atoms with Gasteiger partial charge in [-0.3, -0.25) is 4.79 Å². The third-order valence-corrected chi connectivity index (χ3v) is 3.98. The van der Waals surface area contributed by atoms with E-state index in [1.165, 1.54) is 12.7 Å². The maximum Gasteiger partial charge on any atom is 0.270 e. The van der Waals surface area contributed by atoms with E-state index in [9.17, 15) is 4.79 Å². The lowest BCUT2D eigenvalue weighted by atomic mass is 9.78. The van der Waals surface area contributed by atoms with Crippen molar-refractivity contribution in [1.29, 1.82) is 0 Å². The molecule has 1 aliphatic rings. The average molecular weight is 273 g/mol. The molecule has 1 fully saturated rings. The zero-order valence-corrected chi connectivity index (χ0v) is 12.1. The summed E-state index contributed by atoms with van der Waals surface area (Å²) in [6.07, 6.45) is 4.69. The third-order valence-electron chi connectivity index (χ3n) is 3.98. The van der Waals surface area contributed by atoms with E-state index in [2.05, 4.69) is 41.2 Å². The zero-order chi connectivity index (χ0) is 14.3. The Bertz CT molecular complexity index is 657. The lowest BCUT2D eigenvalue weighted by Gasteiger charge is -2.39. The van der Waals surface area contributed by atoms with Crippen LogP contribution in [0.2, 0.25) is 0 Å². The van der Waals surface area contributed by atoms with E-state index < -0.39 is 0 Å². The van der Waals surface area contributed by atoms with Crippen molar-refractivity contribution in [3.05, 3.63) is 23.8 Å². The third kappa shape index (κ3) is 2.15. The first-order valence-electron chi connectivity index (χ1n) is 7.02. The second-order valence-corrected chi connectivity index (χ2v) is 6.06. The first-order chi connectivity index (χ1) is 9.48. The molecule has 0 bridgehead atoms. The number of aromatic nitrogens is 4. The highest BCUT2D eigenvalue weighted by atomic mass is 16.2. The van der Waals surface area contributed by atoms with Crippen molar-refractivity contribution in [2.75, 3.05) is 0 Å². The van der Waals surface area contributed by atoms with E-state index in [1.807, 2.05) is 6.07 Å². The highest BCUT2D eigenvalue weighted by Gasteiger charge is 2.33. The molecule has 1 aliphatic carbocycles. The largest absolute Gasteiger partial charge is 0.346 e. The first-order valence-corrected chi connectivity index (χ1v) is 7.02. The maximum atomic E-state index is 12.4. The minimum atomic E-state index is -0.125. The van der Waals surface area contributed by atoms with Gasteiger partial charge >= 0.3 is 0 Å². The molecule has 0 aromatic carbocycles. The van der Waals surface area contributed by atoms with Crippen molar-refractivity contribution >= 4 is 11.7 Å². The normalized spacial score (nSPS) is 17.2. The van der Waals surface area contributed by atoms with E-state index in [0.717, 1.165) is 18.5 Å². The van der Waals surface area contributed by atoms with Crippen molar-refractivity contribution in [2.24, 2.45) is 0 Å². The monoisotopic (exact) mass is 273 g/mol. The number of amides is 1. The molecule has 1 saturated carbocycles. The van der Waals surface area contributed by atoms with Crippen LogP contribution in [0, 0.1) is 0 Å². The molecule has 0 spiro atoms. The Morgan fingerprint density at radius 3 is 2.80 bits per heavy atom. The number of rotatable bonds is 3. The summed E-state index contributed by atoms with van der Waals surface area (Å²) < 4.78 is 1.69. The van der Waals surface area contributed by atoms with E-state index in [1.54, 1.807) is 4.52 Å². The van der Waals surface area contributed by atoms with E-state index >= 15 is 0 Å². The molecule has 0 aliphatic heterocycles. The van der Waals surface area contributed by atoms with Crippen LogP contribution in [-0.4, -0.2) is 31.0 Å². The summed E-state index contributed by atoms with van der Waals surface area (Å²) in [4.78, 5) is 20.8. The fourth-order valence-corrected chi connectivity index (χ4v) is 2.53. The number of carbonyl (C=O) groups excluding carboxylic acids is 1. The maximum absolute atomic E-state index is 12.4. The van der Waals surface area contributed by atoms with Crippen molar-refractivity contribution in [1.82, 2.24) is 24.9 Å². The Morgan fingerprint density at radius 2 is 2.20 bits per heavy atom. The summed E-state index contributed by atoms with van der Waals surface area (Å²) in [5, 5.41) is 7.23. The number of nitrogens with one attached hydrogen (secondary N) is 1. The molecule has 106 valence electrons. The van der Waals surface area contributed by atoms with Crippen LogP contribution in [0.25, 0.3) is 5.78 Å². The average Bonchev–Trinajstić information content (AvgIpc) is 2.83. The molecule has 3 rings (SSSR count). The van der Waals surface area contributed by atoms with E-state index in [-0.39, 0.29) is 17.4 Å². The molecule has 20 heavy (non-hydrogen) atoms. The lowest BCUT2D eigenvalue weighted by molar-refractivity contribution is 0.0845. The summed E-state index contributed by atoms with van der Waals surface area (Å²) in [6.45, 7) is 6.20. The second-order valence-electron chi connectivity index (χ2n) is 6.06. The highest BCUT2D eigenvalue weighted by Crippen LogP contribution is 2.31. The van der Waals surface area contributed by atoms with Crippen LogP contribution in [0.1, 0.15) is 62.1 Å². The van der Waals surface area contributed by atoms with Crippen molar-refractivity contribution in [3.8, 4) is 0 Å². The topological polar surface area (TPSA) is 72.2 Å². The fourth-order valence-electron chi connectivity index (χ4n) is 2.53. The summed E-state index contributed by atoms with van der Waals surface area (Å²) >= 11 is 0. The quantitative estimate of drug-likeness (QED) is 0.927. The van der Waals surface area contributed by atoms with Gasteiger partial charge < -0.3 is 5.32 Å². The van der Waals surface area contributed by atoms with Gasteiger partial charge in [0, 0.05) is 5.54 Å². The number of carbonyl (C=O) groups is 1. The van der Waals surface area contributed by atoms with E-state index in [4.69, 9.17) is 0 Å². The van der Waals surface area contributed by atoms with Crippen LogP contribution < -0.4 is 5.32 Å². The molecular formula is C14H19N5O. The van der Waals surface area contributed by atoms with Gasteiger partial charge in [0.1, 0.15) is 12.0 Å². The van der Waals surface area contributed by atoms with Gasteiger partial charge in [-0.2, -0.15) is 10.1 Å². The smallest absolute Gasteiger partial charge is 0.270 e. The standard InChI is InChI=1S/C14H19N5O/c1-9(2)11-7-10(17-13-15-8-16-19(11)13)12(20)18-14(3)5-4-6-14/h7-9H,4-6H2,1-3H3,(H,18,20). The molecule has 2 aromatic rings. The number of hydrogen-bond acceptors (Lipinski definition) is 4. The Balaban J connectivity index is 1.96.